The van der Waals surface area contributed by atoms with E-state index in [4.69, 9.17) is 11.6 Å². The van der Waals surface area contributed by atoms with E-state index >= 15 is 0 Å². The summed E-state index contributed by atoms with van der Waals surface area (Å²) in [5.74, 6) is 0.657. The van der Waals surface area contributed by atoms with Gasteiger partial charge in [0.15, 0.2) is 5.16 Å². The van der Waals surface area contributed by atoms with Crippen LogP contribution in [-0.2, 0) is 0 Å². The van der Waals surface area contributed by atoms with Crippen LogP contribution in [0.5, 0.6) is 0 Å². The molecule has 64 valence electrons. The Morgan fingerprint density at radius 3 is 2.67 bits per heavy atom. The molecule has 12 heavy (non-hydrogen) atoms. The van der Waals surface area contributed by atoms with Gasteiger partial charge in [0.2, 0.25) is 0 Å². The number of hydrogen-bond acceptors (Lipinski definition) is 3. The van der Waals surface area contributed by atoms with Crippen molar-refractivity contribution >= 4 is 23.4 Å². The maximum absolute atomic E-state index is 5.59. The van der Waals surface area contributed by atoms with Crippen molar-refractivity contribution in [2.45, 2.75) is 12.1 Å². The smallest absolute Gasteiger partial charge is 0.187 e. The minimum absolute atomic E-state index is 0.615. The van der Waals surface area contributed by atoms with Gasteiger partial charge in [0, 0.05) is 23.2 Å². The van der Waals surface area contributed by atoms with Crippen molar-refractivity contribution in [3.8, 4) is 0 Å². The first kappa shape index (κ1) is 9.55. The predicted molar refractivity (Wildman–Crippen MR) is 52.5 cm³/mol. The molecule has 0 aliphatic carbocycles. The Bertz CT molecular complexity index is 271. The fourth-order valence-electron chi connectivity index (χ4n) is 0.598. The lowest BCUT2D eigenvalue weighted by Gasteiger charge is -1.97. The summed E-state index contributed by atoms with van der Waals surface area (Å²) in [6.07, 6.45) is 3.57. The van der Waals surface area contributed by atoms with Crippen LogP contribution in [0.4, 0.5) is 0 Å². The molecule has 1 heterocycles. The summed E-state index contributed by atoms with van der Waals surface area (Å²) in [5.41, 5.74) is 1.06. The Balaban J connectivity index is 2.53. The molecule has 0 N–H and O–H groups in total. The van der Waals surface area contributed by atoms with Crippen LogP contribution in [0, 0.1) is 6.92 Å². The van der Waals surface area contributed by atoms with E-state index in [0.717, 1.165) is 10.7 Å². The Morgan fingerprint density at radius 1 is 1.58 bits per heavy atom. The first-order valence-corrected chi connectivity index (χ1v) is 4.79. The number of nitrogens with zero attached hydrogens (tertiary/aromatic N) is 2. The number of thioether (sulfide) groups is 1. The van der Waals surface area contributed by atoms with Crippen LogP contribution >= 0.6 is 23.4 Å². The normalized spacial score (nSPS) is 9.83. The Labute approximate surface area is 81.1 Å². The SMILES string of the molecule is C=C(Cl)CSc1ncc(C)cn1. The van der Waals surface area contributed by atoms with Gasteiger partial charge in [-0.3, -0.25) is 0 Å². The molecule has 0 fully saturated rings. The van der Waals surface area contributed by atoms with Gasteiger partial charge < -0.3 is 0 Å². The summed E-state index contributed by atoms with van der Waals surface area (Å²) in [5, 5.41) is 1.35. The van der Waals surface area contributed by atoms with Gasteiger partial charge in [-0.1, -0.05) is 29.9 Å². The van der Waals surface area contributed by atoms with Crippen molar-refractivity contribution in [3.63, 3.8) is 0 Å². The van der Waals surface area contributed by atoms with Gasteiger partial charge in [-0.2, -0.15) is 0 Å². The zero-order valence-electron chi connectivity index (χ0n) is 6.75. The highest BCUT2D eigenvalue weighted by Gasteiger charge is 1.96. The summed E-state index contributed by atoms with van der Waals surface area (Å²) >= 11 is 7.07. The molecule has 4 heteroatoms. The van der Waals surface area contributed by atoms with Gasteiger partial charge in [0.25, 0.3) is 0 Å². The monoisotopic (exact) mass is 200 g/mol. The minimum Gasteiger partial charge on any atom is -0.231 e. The van der Waals surface area contributed by atoms with Crippen LogP contribution in [0.3, 0.4) is 0 Å². The summed E-state index contributed by atoms with van der Waals surface area (Å²) in [6, 6.07) is 0. The van der Waals surface area contributed by atoms with Gasteiger partial charge in [0.1, 0.15) is 0 Å². The van der Waals surface area contributed by atoms with E-state index in [2.05, 4.69) is 16.5 Å². The minimum atomic E-state index is 0.615. The van der Waals surface area contributed by atoms with E-state index in [9.17, 15) is 0 Å². The molecule has 0 saturated heterocycles. The molecule has 1 aromatic rings. The molecule has 0 saturated carbocycles. The van der Waals surface area contributed by atoms with Crippen molar-refractivity contribution in [1.29, 1.82) is 0 Å². The van der Waals surface area contributed by atoms with Crippen LogP contribution in [0.1, 0.15) is 5.56 Å². The molecule has 0 unspecified atom stereocenters. The molecule has 0 bridgehead atoms. The Morgan fingerprint density at radius 2 is 2.17 bits per heavy atom. The average Bonchev–Trinajstić information content (AvgIpc) is 2.03. The molecule has 2 nitrogen and oxygen atoms in total. The lowest BCUT2D eigenvalue weighted by Crippen LogP contribution is -1.87. The van der Waals surface area contributed by atoms with Crippen molar-refractivity contribution in [3.05, 3.63) is 29.6 Å². The standard InChI is InChI=1S/C8H9ClN2S/c1-6-3-10-8(11-4-6)12-5-7(2)9/h3-4H,2,5H2,1H3. The highest BCUT2D eigenvalue weighted by molar-refractivity contribution is 7.99. The van der Waals surface area contributed by atoms with Gasteiger partial charge in [-0.25, -0.2) is 9.97 Å². The van der Waals surface area contributed by atoms with Gasteiger partial charge in [-0.15, -0.1) is 0 Å². The van der Waals surface area contributed by atoms with Gasteiger partial charge >= 0.3 is 0 Å². The van der Waals surface area contributed by atoms with Crippen molar-refractivity contribution in [2.75, 3.05) is 5.75 Å². The van der Waals surface area contributed by atoms with E-state index in [-0.39, 0.29) is 0 Å². The quantitative estimate of drug-likeness (QED) is 0.554. The summed E-state index contributed by atoms with van der Waals surface area (Å²) < 4.78 is 0. The number of hydrogen-bond donors (Lipinski definition) is 0. The highest BCUT2D eigenvalue weighted by Crippen LogP contribution is 2.16. The van der Waals surface area contributed by atoms with Crippen molar-refractivity contribution in [1.82, 2.24) is 9.97 Å². The number of rotatable bonds is 3. The third kappa shape index (κ3) is 3.24. The zero-order valence-corrected chi connectivity index (χ0v) is 8.32. The Kier molecular flexibility index (Phi) is 3.56. The van der Waals surface area contributed by atoms with Crippen LogP contribution < -0.4 is 0 Å². The first-order valence-electron chi connectivity index (χ1n) is 3.43. The second-order valence-corrected chi connectivity index (χ2v) is 3.83. The fourth-order valence-corrected chi connectivity index (χ4v) is 1.30. The van der Waals surface area contributed by atoms with E-state index in [1.54, 1.807) is 12.4 Å². The maximum atomic E-state index is 5.59. The molecule has 0 aromatic carbocycles. The maximum Gasteiger partial charge on any atom is 0.187 e. The number of halogens is 1. The van der Waals surface area contributed by atoms with Crippen LogP contribution in [-0.4, -0.2) is 15.7 Å². The topological polar surface area (TPSA) is 25.8 Å². The second kappa shape index (κ2) is 4.48. The summed E-state index contributed by atoms with van der Waals surface area (Å²) in [4.78, 5) is 8.20. The molecule has 0 aliphatic rings. The number of aryl methyl sites for hydroxylation is 1. The second-order valence-electron chi connectivity index (χ2n) is 2.35. The lowest BCUT2D eigenvalue weighted by molar-refractivity contribution is 0.951. The molecule has 0 atom stereocenters. The van der Waals surface area contributed by atoms with Crippen LogP contribution in [0.2, 0.25) is 0 Å². The molecule has 0 amide bonds. The molecule has 0 radical (unpaired) electrons. The third-order valence-corrected chi connectivity index (χ3v) is 2.37. The van der Waals surface area contributed by atoms with Crippen molar-refractivity contribution in [2.24, 2.45) is 0 Å². The lowest BCUT2D eigenvalue weighted by atomic mass is 10.4. The Hall–Kier alpha value is -0.540. The van der Waals surface area contributed by atoms with E-state index in [1.165, 1.54) is 11.8 Å². The third-order valence-electron chi connectivity index (χ3n) is 1.12. The fraction of sp³-hybridized carbons (Fsp3) is 0.250. The predicted octanol–water partition coefficient (Wildman–Crippen LogP) is 2.63. The first-order chi connectivity index (χ1) is 5.68. The van der Waals surface area contributed by atoms with E-state index in [1.807, 2.05) is 6.92 Å². The van der Waals surface area contributed by atoms with Crippen molar-refractivity contribution < 1.29 is 0 Å². The average molecular weight is 201 g/mol. The zero-order chi connectivity index (χ0) is 8.97. The van der Waals surface area contributed by atoms with E-state index < -0.39 is 0 Å². The summed E-state index contributed by atoms with van der Waals surface area (Å²) in [7, 11) is 0. The largest absolute Gasteiger partial charge is 0.231 e. The molecule has 0 spiro atoms. The molecule has 1 aromatic heterocycles. The van der Waals surface area contributed by atoms with Crippen LogP contribution in [0.25, 0.3) is 0 Å². The van der Waals surface area contributed by atoms with E-state index in [0.29, 0.717) is 10.8 Å². The highest BCUT2D eigenvalue weighted by atomic mass is 35.5. The van der Waals surface area contributed by atoms with Gasteiger partial charge in [0.05, 0.1) is 0 Å². The molecule has 1 rings (SSSR count). The molecular formula is C8H9ClN2S. The van der Waals surface area contributed by atoms with Gasteiger partial charge in [-0.05, 0) is 12.5 Å². The number of aromatic nitrogens is 2. The summed E-state index contributed by atoms with van der Waals surface area (Å²) in [6.45, 7) is 5.53. The molecule has 0 aliphatic heterocycles. The van der Waals surface area contributed by atoms with Crippen LogP contribution in [0.15, 0.2) is 29.2 Å². The molecular weight excluding hydrogens is 192 g/mol.